The van der Waals surface area contributed by atoms with Crippen LogP contribution in [0.25, 0.3) is 6.08 Å². The molecule has 1 aliphatic heterocycles. The average Bonchev–Trinajstić information content (AvgIpc) is 2.75. The molecule has 1 aliphatic rings. The Hall–Kier alpha value is -2.06. The Labute approximate surface area is 149 Å². The van der Waals surface area contributed by atoms with Gasteiger partial charge in [-0.05, 0) is 37.6 Å². The van der Waals surface area contributed by atoms with Gasteiger partial charge in [-0.3, -0.25) is 14.5 Å². The molecule has 0 spiro atoms. The zero-order chi connectivity index (χ0) is 17.9. The zero-order valence-electron chi connectivity index (χ0n) is 13.4. The van der Waals surface area contributed by atoms with Crippen molar-refractivity contribution < 1.29 is 24.2 Å². The maximum Gasteiger partial charge on any atom is 0.323 e. The van der Waals surface area contributed by atoms with E-state index in [2.05, 4.69) is 0 Å². The van der Waals surface area contributed by atoms with Crippen molar-refractivity contribution >= 4 is 46.3 Å². The third-order valence-corrected chi connectivity index (χ3v) is 4.39. The molecule has 1 fully saturated rings. The summed E-state index contributed by atoms with van der Waals surface area (Å²) in [7, 11) is 1.54. The number of carbonyl (C=O) groups is 2. The Balaban J connectivity index is 2.26. The second kappa shape index (κ2) is 7.67. The fourth-order valence-corrected chi connectivity index (χ4v) is 3.30. The largest absolute Gasteiger partial charge is 0.493 e. The summed E-state index contributed by atoms with van der Waals surface area (Å²) < 4.78 is 11.2. The van der Waals surface area contributed by atoms with Crippen molar-refractivity contribution in [3.8, 4) is 11.5 Å². The molecule has 1 aromatic rings. The van der Waals surface area contributed by atoms with E-state index in [1.807, 2.05) is 13.8 Å². The Morgan fingerprint density at radius 3 is 2.71 bits per heavy atom. The van der Waals surface area contributed by atoms with E-state index >= 15 is 0 Å². The molecule has 1 aromatic carbocycles. The van der Waals surface area contributed by atoms with Crippen LogP contribution in [0.2, 0.25) is 0 Å². The first-order chi connectivity index (χ1) is 11.3. The number of thioether (sulfide) groups is 1. The highest BCUT2D eigenvalue weighted by Gasteiger charge is 2.33. The normalized spacial score (nSPS) is 16.2. The summed E-state index contributed by atoms with van der Waals surface area (Å²) in [6.45, 7) is 3.40. The monoisotopic (exact) mass is 367 g/mol. The van der Waals surface area contributed by atoms with Gasteiger partial charge >= 0.3 is 5.97 Å². The third kappa shape index (κ3) is 4.27. The molecule has 1 amide bonds. The predicted molar refractivity (Wildman–Crippen MR) is 96.3 cm³/mol. The van der Waals surface area contributed by atoms with Crippen LogP contribution in [0, 0.1) is 0 Å². The molecule has 0 aliphatic carbocycles. The molecular weight excluding hydrogens is 350 g/mol. The van der Waals surface area contributed by atoms with Gasteiger partial charge in [-0.15, -0.1) is 0 Å². The van der Waals surface area contributed by atoms with Gasteiger partial charge in [-0.2, -0.15) is 0 Å². The van der Waals surface area contributed by atoms with Crippen LogP contribution in [0.15, 0.2) is 23.1 Å². The van der Waals surface area contributed by atoms with E-state index in [0.717, 1.165) is 22.2 Å². The summed E-state index contributed by atoms with van der Waals surface area (Å²) in [6, 6.07) is 5.31. The van der Waals surface area contributed by atoms with Gasteiger partial charge in [0.1, 0.15) is 10.9 Å². The first kappa shape index (κ1) is 18.3. The standard InChI is InChI=1S/C16H17NO5S2/c1-9(2)22-11-5-4-10(6-12(11)21-3)7-13-15(20)17(8-14(18)19)16(23)24-13/h4-7,9H,8H2,1-3H3,(H,18,19). The lowest BCUT2D eigenvalue weighted by molar-refractivity contribution is -0.140. The molecule has 0 bridgehead atoms. The maximum absolute atomic E-state index is 12.3. The molecule has 1 N–H and O–H groups in total. The summed E-state index contributed by atoms with van der Waals surface area (Å²) in [4.78, 5) is 24.5. The first-order valence-electron chi connectivity index (χ1n) is 7.13. The van der Waals surface area contributed by atoms with E-state index in [0.29, 0.717) is 16.4 Å². The number of aliphatic carboxylic acids is 1. The average molecular weight is 367 g/mol. The molecule has 6 nitrogen and oxygen atoms in total. The number of carboxylic acid groups (broad SMARTS) is 1. The number of methoxy groups -OCH3 is 1. The summed E-state index contributed by atoms with van der Waals surface area (Å²) in [6.07, 6.45) is 1.67. The van der Waals surface area contributed by atoms with Crippen molar-refractivity contribution in [3.63, 3.8) is 0 Å². The topological polar surface area (TPSA) is 76.1 Å². The number of nitrogens with zero attached hydrogens (tertiary/aromatic N) is 1. The van der Waals surface area contributed by atoms with Gasteiger partial charge < -0.3 is 14.6 Å². The molecule has 8 heteroatoms. The number of benzene rings is 1. The first-order valence-corrected chi connectivity index (χ1v) is 8.36. The highest BCUT2D eigenvalue weighted by molar-refractivity contribution is 8.26. The summed E-state index contributed by atoms with van der Waals surface area (Å²) in [5.41, 5.74) is 0.735. The van der Waals surface area contributed by atoms with Gasteiger partial charge in [0.25, 0.3) is 5.91 Å². The van der Waals surface area contributed by atoms with E-state index in [1.54, 1.807) is 31.4 Å². The molecule has 24 heavy (non-hydrogen) atoms. The summed E-state index contributed by atoms with van der Waals surface area (Å²) in [5, 5.41) is 8.84. The molecule has 0 aromatic heterocycles. The van der Waals surface area contributed by atoms with Crippen molar-refractivity contribution in [1.29, 1.82) is 0 Å². The maximum atomic E-state index is 12.3. The SMILES string of the molecule is COc1cc(C=C2SC(=S)N(CC(=O)O)C2=O)ccc1OC(C)C. The van der Waals surface area contributed by atoms with Crippen LogP contribution >= 0.6 is 24.0 Å². The molecule has 0 radical (unpaired) electrons. The van der Waals surface area contributed by atoms with Crippen molar-refractivity contribution in [2.45, 2.75) is 20.0 Å². The van der Waals surface area contributed by atoms with Gasteiger partial charge in [-0.25, -0.2) is 0 Å². The lowest BCUT2D eigenvalue weighted by Gasteiger charge is -2.14. The Bertz CT molecular complexity index is 714. The minimum atomic E-state index is -1.11. The molecule has 1 saturated heterocycles. The van der Waals surface area contributed by atoms with Crippen LogP contribution in [0.3, 0.4) is 0 Å². The van der Waals surface area contributed by atoms with Gasteiger partial charge in [0.05, 0.1) is 18.1 Å². The van der Waals surface area contributed by atoms with Gasteiger partial charge in [0.2, 0.25) is 0 Å². The van der Waals surface area contributed by atoms with Gasteiger partial charge in [-0.1, -0.05) is 30.0 Å². The number of hydrogen-bond acceptors (Lipinski definition) is 6. The number of thiocarbonyl (C=S) groups is 1. The Morgan fingerprint density at radius 1 is 1.42 bits per heavy atom. The fraction of sp³-hybridized carbons (Fsp3) is 0.312. The van der Waals surface area contributed by atoms with Crippen molar-refractivity contribution in [2.24, 2.45) is 0 Å². The van der Waals surface area contributed by atoms with E-state index in [1.165, 1.54) is 0 Å². The van der Waals surface area contributed by atoms with Crippen LogP contribution in [0.1, 0.15) is 19.4 Å². The molecule has 0 atom stereocenters. The predicted octanol–water partition coefficient (Wildman–Crippen LogP) is 2.77. The number of carbonyl (C=O) groups excluding carboxylic acids is 1. The number of carboxylic acids is 1. The number of rotatable bonds is 6. The van der Waals surface area contributed by atoms with Crippen molar-refractivity contribution in [1.82, 2.24) is 4.90 Å². The number of ether oxygens (including phenoxy) is 2. The molecule has 1 heterocycles. The second-order valence-electron chi connectivity index (χ2n) is 5.24. The van der Waals surface area contributed by atoms with Gasteiger partial charge in [0, 0.05) is 0 Å². The molecule has 0 unspecified atom stereocenters. The molecule has 0 saturated carbocycles. The quantitative estimate of drug-likeness (QED) is 0.612. The van der Waals surface area contributed by atoms with Crippen molar-refractivity contribution in [3.05, 3.63) is 28.7 Å². The van der Waals surface area contributed by atoms with Crippen LogP contribution < -0.4 is 9.47 Å². The van der Waals surface area contributed by atoms with Gasteiger partial charge in [0.15, 0.2) is 11.5 Å². The highest BCUT2D eigenvalue weighted by Crippen LogP contribution is 2.34. The van der Waals surface area contributed by atoms with E-state index in [9.17, 15) is 9.59 Å². The third-order valence-electron chi connectivity index (χ3n) is 3.02. The molecule has 128 valence electrons. The van der Waals surface area contributed by atoms with Crippen LogP contribution in [-0.2, 0) is 9.59 Å². The van der Waals surface area contributed by atoms with Crippen LogP contribution in [-0.4, -0.2) is 46.0 Å². The fourth-order valence-electron chi connectivity index (χ4n) is 2.05. The van der Waals surface area contributed by atoms with Crippen LogP contribution in [0.5, 0.6) is 11.5 Å². The lowest BCUT2D eigenvalue weighted by Crippen LogP contribution is -2.33. The minimum absolute atomic E-state index is 0.0111. The zero-order valence-corrected chi connectivity index (χ0v) is 15.1. The summed E-state index contributed by atoms with van der Waals surface area (Å²) >= 11 is 6.15. The second-order valence-corrected chi connectivity index (χ2v) is 6.91. The Kier molecular flexibility index (Phi) is 5.84. The Morgan fingerprint density at radius 2 is 2.12 bits per heavy atom. The number of amides is 1. The van der Waals surface area contributed by atoms with Crippen LogP contribution in [0.4, 0.5) is 0 Å². The van der Waals surface area contributed by atoms with E-state index in [4.69, 9.17) is 26.8 Å². The number of hydrogen-bond donors (Lipinski definition) is 1. The smallest absolute Gasteiger partial charge is 0.323 e. The van der Waals surface area contributed by atoms with E-state index < -0.39 is 18.4 Å². The molecular formula is C16H17NO5S2. The highest BCUT2D eigenvalue weighted by atomic mass is 32.2. The van der Waals surface area contributed by atoms with E-state index in [-0.39, 0.29) is 10.4 Å². The minimum Gasteiger partial charge on any atom is -0.493 e. The lowest BCUT2D eigenvalue weighted by atomic mass is 10.2. The summed E-state index contributed by atoms with van der Waals surface area (Å²) in [5.74, 6) is -0.347. The molecule has 2 rings (SSSR count). The van der Waals surface area contributed by atoms with Crippen molar-refractivity contribution in [2.75, 3.05) is 13.7 Å².